The van der Waals surface area contributed by atoms with Crippen molar-refractivity contribution in [3.05, 3.63) is 96.1 Å². The molecule has 1 aromatic heterocycles. The van der Waals surface area contributed by atoms with E-state index in [1.807, 2.05) is 60.7 Å². The van der Waals surface area contributed by atoms with Gasteiger partial charge in [0.1, 0.15) is 18.1 Å². The van der Waals surface area contributed by atoms with Gasteiger partial charge in [-0.3, -0.25) is 0 Å². The molecular formula is C28H29NO5. The van der Waals surface area contributed by atoms with Crippen molar-refractivity contribution < 1.29 is 23.5 Å². The van der Waals surface area contributed by atoms with Crippen LogP contribution in [-0.2, 0) is 17.8 Å². The van der Waals surface area contributed by atoms with Gasteiger partial charge < -0.3 is 23.5 Å². The molecule has 0 aliphatic heterocycles. The summed E-state index contributed by atoms with van der Waals surface area (Å²) in [6.07, 6.45) is 1.79. The minimum atomic E-state index is 0.0485. The molecule has 4 rings (SSSR count). The summed E-state index contributed by atoms with van der Waals surface area (Å²) in [4.78, 5) is 0. The lowest BCUT2D eigenvalue weighted by atomic mass is 10.1. The average molecular weight is 460 g/mol. The highest BCUT2D eigenvalue weighted by Gasteiger charge is 2.11. The molecule has 1 heterocycles. The number of methoxy groups -OCH3 is 1. The van der Waals surface area contributed by atoms with Crippen LogP contribution in [0.3, 0.4) is 0 Å². The molecule has 0 bridgehead atoms. The number of hydrogen-bond acceptors (Lipinski definition) is 6. The fourth-order valence-corrected chi connectivity index (χ4v) is 3.52. The minimum Gasteiger partial charge on any atom is -0.491 e. The van der Waals surface area contributed by atoms with Crippen LogP contribution in [0.15, 0.2) is 89.5 Å². The standard InChI is InChI=1S/C28H29NO5/c1-21(12-13-23-10-6-7-11-26(23)31-19-22-8-4-3-5-9-22)33-25-16-14-24(15-17-25)27-18-28(29-34-27)32-20-30-2/h3-11,14-18,21H,12-13,19-20H2,1-2H3. The molecule has 3 aromatic carbocycles. The molecule has 0 radical (unpaired) electrons. The van der Waals surface area contributed by atoms with Crippen LogP contribution in [0.25, 0.3) is 11.3 Å². The predicted molar refractivity (Wildman–Crippen MR) is 130 cm³/mol. The summed E-state index contributed by atoms with van der Waals surface area (Å²) in [5.41, 5.74) is 3.23. The highest BCUT2D eigenvalue weighted by Crippen LogP contribution is 2.27. The maximum Gasteiger partial charge on any atom is 0.256 e. The van der Waals surface area contributed by atoms with Crippen LogP contribution in [0.4, 0.5) is 0 Å². The van der Waals surface area contributed by atoms with Crippen molar-refractivity contribution in [1.29, 1.82) is 0 Å². The highest BCUT2D eigenvalue weighted by molar-refractivity contribution is 5.59. The first-order chi connectivity index (χ1) is 16.7. The Bertz CT molecular complexity index is 1140. The van der Waals surface area contributed by atoms with Gasteiger partial charge in [0.25, 0.3) is 5.88 Å². The van der Waals surface area contributed by atoms with E-state index >= 15 is 0 Å². The van der Waals surface area contributed by atoms with Gasteiger partial charge in [0.15, 0.2) is 12.6 Å². The van der Waals surface area contributed by atoms with E-state index in [1.54, 1.807) is 13.2 Å². The third kappa shape index (κ3) is 6.62. The van der Waals surface area contributed by atoms with E-state index in [0.29, 0.717) is 18.2 Å². The molecule has 0 fully saturated rings. The Morgan fingerprint density at radius 2 is 1.65 bits per heavy atom. The van der Waals surface area contributed by atoms with Gasteiger partial charge in [-0.2, -0.15) is 0 Å². The number of ether oxygens (including phenoxy) is 4. The summed E-state index contributed by atoms with van der Waals surface area (Å²) in [5, 5.41) is 3.87. The Hall–Kier alpha value is -3.77. The lowest BCUT2D eigenvalue weighted by molar-refractivity contribution is 0.0453. The molecule has 6 heteroatoms. The summed E-state index contributed by atoms with van der Waals surface area (Å²) < 4.78 is 27.7. The summed E-state index contributed by atoms with van der Waals surface area (Å²) >= 11 is 0. The first kappa shape index (κ1) is 23.4. The zero-order valence-electron chi connectivity index (χ0n) is 19.5. The molecule has 0 aliphatic rings. The summed E-state index contributed by atoms with van der Waals surface area (Å²) in [6.45, 7) is 2.76. The molecule has 0 spiro atoms. The molecule has 1 atom stereocenters. The molecule has 0 aliphatic carbocycles. The van der Waals surface area contributed by atoms with Gasteiger partial charge >= 0.3 is 0 Å². The first-order valence-corrected chi connectivity index (χ1v) is 11.3. The third-order valence-electron chi connectivity index (χ3n) is 5.32. The van der Waals surface area contributed by atoms with Crippen molar-refractivity contribution in [3.63, 3.8) is 0 Å². The van der Waals surface area contributed by atoms with Crippen LogP contribution >= 0.6 is 0 Å². The van der Waals surface area contributed by atoms with Gasteiger partial charge in [-0.05, 0) is 66.4 Å². The van der Waals surface area contributed by atoms with Crippen LogP contribution in [0.2, 0.25) is 0 Å². The second kappa shape index (κ2) is 11.9. The van der Waals surface area contributed by atoms with Crippen LogP contribution in [-0.4, -0.2) is 25.2 Å². The van der Waals surface area contributed by atoms with E-state index in [1.165, 1.54) is 5.56 Å². The molecule has 176 valence electrons. The Morgan fingerprint density at radius 3 is 2.44 bits per heavy atom. The zero-order valence-corrected chi connectivity index (χ0v) is 19.5. The molecule has 4 aromatic rings. The maximum atomic E-state index is 6.13. The molecule has 0 amide bonds. The summed E-state index contributed by atoms with van der Waals surface area (Å²) in [6, 6.07) is 27.9. The second-order valence-electron chi connectivity index (χ2n) is 7.95. The van der Waals surface area contributed by atoms with E-state index in [4.69, 9.17) is 23.5 Å². The second-order valence-corrected chi connectivity index (χ2v) is 7.95. The molecule has 0 N–H and O–H groups in total. The van der Waals surface area contributed by atoms with Gasteiger partial charge in [0.2, 0.25) is 0 Å². The minimum absolute atomic E-state index is 0.0485. The number of aryl methyl sites for hydroxylation is 1. The maximum absolute atomic E-state index is 6.13. The van der Waals surface area contributed by atoms with Crippen LogP contribution in [0.5, 0.6) is 17.4 Å². The molecule has 1 unspecified atom stereocenters. The van der Waals surface area contributed by atoms with Gasteiger partial charge in [-0.1, -0.05) is 48.5 Å². The average Bonchev–Trinajstić information content (AvgIpc) is 3.35. The van der Waals surface area contributed by atoms with E-state index < -0.39 is 0 Å². The highest BCUT2D eigenvalue weighted by atomic mass is 16.7. The molecule has 34 heavy (non-hydrogen) atoms. The molecular weight excluding hydrogens is 430 g/mol. The van der Waals surface area contributed by atoms with Gasteiger partial charge in [0, 0.05) is 18.7 Å². The lowest BCUT2D eigenvalue weighted by Crippen LogP contribution is -2.13. The van der Waals surface area contributed by atoms with Crippen molar-refractivity contribution in [1.82, 2.24) is 5.16 Å². The zero-order chi connectivity index (χ0) is 23.6. The van der Waals surface area contributed by atoms with Crippen LogP contribution in [0.1, 0.15) is 24.5 Å². The van der Waals surface area contributed by atoms with Gasteiger partial charge in [-0.25, -0.2) is 0 Å². The fourth-order valence-electron chi connectivity index (χ4n) is 3.52. The lowest BCUT2D eigenvalue weighted by Gasteiger charge is -2.16. The molecule has 6 nitrogen and oxygen atoms in total. The van der Waals surface area contributed by atoms with Crippen LogP contribution < -0.4 is 14.2 Å². The summed E-state index contributed by atoms with van der Waals surface area (Å²) in [7, 11) is 1.55. The van der Waals surface area contributed by atoms with Crippen molar-refractivity contribution >= 4 is 0 Å². The topological polar surface area (TPSA) is 63.0 Å². The van der Waals surface area contributed by atoms with Gasteiger partial charge in [0.05, 0.1) is 6.10 Å². The first-order valence-electron chi connectivity index (χ1n) is 11.3. The predicted octanol–water partition coefficient (Wildman–Crippen LogP) is 6.30. The monoisotopic (exact) mass is 459 g/mol. The number of rotatable bonds is 12. The number of benzene rings is 3. The molecule has 0 saturated carbocycles. The number of hydrogen-bond donors (Lipinski definition) is 0. The van der Waals surface area contributed by atoms with E-state index in [2.05, 4.69) is 30.3 Å². The van der Waals surface area contributed by atoms with Crippen molar-refractivity contribution in [2.24, 2.45) is 0 Å². The van der Waals surface area contributed by atoms with Crippen molar-refractivity contribution in [2.75, 3.05) is 13.9 Å². The fraction of sp³-hybridized carbons (Fsp3) is 0.250. The smallest absolute Gasteiger partial charge is 0.256 e. The van der Waals surface area contributed by atoms with Gasteiger partial charge in [-0.15, -0.1) is 0 Å². The third-order valence-corrected chi connectivity index (χ3v) is 5.32. The Morgan fingerprint density at radius 1 is 0.882 bits per heavy atom. The SMILES string of the molecule is COCOc1cc(-c2ccc(OC(C)CCc3ccccc3OCc3ccccc3)cc2)on1. The Balaban J connectivity index is 1.29. The molecule has 0 saturated heterocycles. The number of para-hydroxylation sites is 1. The summed E-state index contributed by atoms with van der Waals surface area (Å²) in [5.74, 6) is 2.74. The number of nitrogens with zero attached hydrogens (tertiary/aromatic N) is 1. The normalized spacial score (nSPS) is 11.7. The van der Waals surface area contributed by atoms with E-state index in [-0.39, 0.29) is 12.9 Å². The van der Waals surface area contributed by atoms with Crippen LogP contribution in [0, 0.1) is 0 Å². The Labute approximate surface area is 200 Å². The van der Waals surface area contributed by atoms with E-state index in [9.17, 15) is 0 Å². The van der Waals surface area contributed by atoms with E-state index in [0.717, 1.165) is 35.5 Å². The quantitative estimate of drug-likeness (QED) is 0.232. The Kier molecular flexibility index (Phi) is 8.19. The largest absolute Gasteiger partial charge is 0.491 e. The van der Waals surface area contributed by atoms with Crippen molar-refractivity contribution in [2.45, 2.75) is 32.5 Å². The van der Waals surface area contributed by atoms with Crippen molar-refractivity contribution in [3.8, 4) is 28.7 Å². The number of aromatic nitrogens is 1.